The molecule has 0 amide bonds. The number of fused-ring (bicyclic) bond motifs is 3. The topological polar surface area (TPSA) is 48.9 Å². The first kappa shape index (κ1) is 21.8. The van der Waals surface area contributed by atoms with Crippen LogP contribution in [0.4, 0.5) is 0 Å². The van der Waals surface area contributed by atoms with Gasteiger partial charge in [-0.05, 0) is 42.7 Å². The van der Waals surface area contributed by atoms with Crippen molar-refractivity contribution in [3.05, 3.63) is 35.4 Å². The lowest BCUT2D eigenvalue weighted by molar-refractivity contribution is 0.0991. The van der Waals surface area contributed by atoms with E-state index in [1.807, 2.05) is 7.05 Å². The summed E-state index contributed by atoms with van der Waals surface area (Å²) < 4.78 is 5.97. The van der Waals surface area contributed by atoms with Gasteiger partial charge in [0.05, 0.1) is 18.2 Å². The molecule has 2 fully saturated rings. The number of hydrogen-bond acceptors (Lipinski definition) is 3. The number of rotatable bonds is 5. The molecule has 156 valence electrons. The fourth-order valence-electron chi connectivity index (χ4n) is 4.95. The Balaban J connectivity index is 0.00000225. The van der Waals surface area contributed by atoms with Gasteiger partial charge in [0, 0.05) is 32.7 Å². The van der Waals surface area contributed by atoms with E-state index in [-0.39, 0.29) is 24.0 Å². The number of aliphatic imine (C=N–C) groups is 1. The fraction of sp³-hybridized carbons (Fsp3) is 0.682. The van der Waals surface area contributed by atoms with Gasteiger partial charge in [0.25, 0.3) is 0 Å². The summed E-state index contributed by atoms with van der Waals surface area (Å²) in [5, 5.41) is 7.21. The molecule has 0 saturated carbocycles. The number of nitrogens with one attached hydrogen (secondary N) is 2. The molecule has 4 unspecified atom stereocenters. The molecule has 0 radical (unpaired) electrons. The van der Waals surface area contributed by atoms with Gasteiger partial charge < -0.3 is 15.4 Å². The van der Waals surface area contributed by atoms with Crippen molar-refractivity contribution in [2.24, 2.45) is 10.9 Å². The first-order valence-electron chi connectivity index (χ1n) is 10.6. The summed E-state index contributed by atoms with van der Waals surface area (Å²) in [7, 11) is 1.87. The third-order valence-electron chi connectivity index (χ3n) is 6.53. The van der Waals surface area contributed by atoms with Gasteiger partial charge in [-0.25, -0.2) is 0 Å². The molecule has 28 heavy (non-hydrogen) atoms. The molecule has 3 heterocycles. The minimum Gasteiger partial charge on any atom is -0.373 e. The average molecular weight is 498 g/mol. The van der Waals surface area contributed by atoms with Crippen molar-refractivity contribution in [2.75, 3.05) is 20.1 Å². The van der Waals surface area contributed by atoms with Crippen LogP contribution < -0.4 is 10.6 Å². The third kappa shape index (κ3) is 4.82. The summed E-state index contributed by atoms with van der Waals surface area (Å²) in [6, 6.07) is 9.78. The van der Waals surface area contributed by atoms with Gasteiger partial charge in [-0.1, -0.05) is 38.1 Å². The van der Waals surface area contributed by atoms with E-state index in [2.05, 4.69) is 58.6 Å². The molecule has 3 aliphatic heterocycles. The summed E-state index contributed by atoms with van der Waals surface area (Å²) >= 11 is 0. The highest BCUT2D eigenvalue weighted by Crippen LogP contribution is 2.34. The van der Waals surface area contributed by atoms with Crippen molar-refractivity contribution in [3.63, 3.8) is 0 Å². The predicted octanol–water partition coefficient (Wildman–Crippen LogP) is 3.17. The molecular formula is C22H35IN4O. The van der Waals surface area contributed by atoms with Gasteiger partial charge in [-0.3, -0.25) is 9.89 Å². The second-order valence-electron chi connectivity index (χ2n) is 8.61. The number of ether oxygens (including phenoxy) is 1. The molecule has 0 spiro atoms. The van der Waals surface area contributed by atoms with Gasteiger partial charge >= 0.3 is 0 Å². The zero-order valence-corrected chi connectivity index (χ0v) is 19.7. The van der Waals surface area contributed by atoms with Crippen molar-refractivity contribution < 1.29 is 4.74 Å². The molecule has 2 saturated heterocycles. The third-order valence-corrected chi connectivity index (χ3v) is 6.53. The van der Waals surface area contributed by atoms with Crippen LogP contribution in [-0.4, -0.2) is 55.3 Å². The van der Waals surface area contributed by atoms with E-state index >= 15 is 0 Å². The van der Waals surface area contributed by atoms with Crippen molar-refractivity contribution >= 4 is 29.9 Å². The van der Waals surface area contributed by atoms with E-state index in [9.17, 15) is 0 Å². The Morgan fingerprint density at radius 1 is 1.25 bits per heavy atom. The van der Waals surface area contributed by atoms with Gasteiger partial charge in [-0.2, -0.15) is 0 Å². The maximum Gasteiger partial charge on any atom is 0.191 e. The summed E-state index contributed by atoms with van der Waals surface area (Å²) in [6.45, 7) is 7.75. The standard InChI is InChI=1S/C22H34N4O.HI/c1-15(2)20(26-11-10-16-6-4-5-7-17(16)14-26)13-24-22(23-3)25-19-12-18-8-9-21(19)27-18;/h4-7,15,18-21H,8-14H2,1-3H3,(H2,23,24,25);1H. The molecule has 0 aliphatic carbocycles. The van der Waals surface area contributed by atoms with Crippen molar-refractivity contribution in [2.45, 2.75) is 70.4 Å². The van der Waals surface area contributed by atoms with E-state index in [0.717, 1.165) is 38.4 Å². The predicted molar refractivity (Wildman–Crippen MR) is 125 cm³/mol. The highest BCUT2D eigenvalue weighted by Gasteiger charge is 2.41. The maximum atomic E-state index is 5.97. The normalized spacial score (nSPS) is 28.0. The minimum absolute atomic E-state index is 0. The van der Waals surface area contributed by atoms with Crippen LogP contribution in [0.2, 0.25) is 0 Å². The molecule has 4 atom stereocenters. The van der Waals surface area contributed by atoms with Gasteiger partial charge in [0.2, 0.25) is 0 Å². The van der Waals surface area contributed by atoms with Gasteiger partial charge in [0.15, 0.2) is 5.96 Å². The largest absolute Gasteiger partial charge is 0.373 e. The Morgan fingerprint density at radius 3 is 2.68 bits per heavy atom. The van der Waals surface area contributed by atoms with Crippen LogP contribution in [-0.2, 0) is 17.7 Å². The lowest BCUT2D eigenvalue weighted by atomic mass is 9.95. The monoisotopic (exact) mass is 498 g/mol. The summed E-state index contributed by atoms with van der Waals surface area (Å²) in [4.78, 5) is 7.10. The Labute approximate surface area is 186 Å². The molecule has 0 aromatic heterocycles. The van der Waals surface area contributed by atoms with Crippen LogP contribution in [0, 0.1) is 5.92 Å². The van der Waals surface area contributed by atoms with Gasteiger partial charge in [-0.15, -0.1) is 24.0 Å². The zero-order valence-electron chi connectivity index (χ0n) is 17.4. The Bertz CT molecular complexity index is 680. The van der Waals surface area contributed by atoms with E-state index in [1.165, 1.54) is 24.0 Å². The number of guanidine groups is 1. The van der Waals surface area contributed by atoms with E-state index in [1.54, 1.807) is 0 Å². The van der Waals surface area contributed by atoms with E-state index in [4.69, 9.17) is 4.74 Å². The lowest BCUT2D eigenvalue weighted by Crippen LogP contribution is -2.53. The summed E-state index contributed by atoms with van der Waals surface area (Å²) in [6.07, 6.45) is 5.49. The van der Waals surface area contributed by atoms with Crippen LogP contribution in [0.15, 0.2) is 29.3 Å². The van der Waals surface area contributed by atoms with Crippen LogP contribution >= 0.6 is 24.0 Å². The first-order valence-corrected chi connectivity index (χ1v) is 10.6. The van der Waals surface area contributed by atoms with Crippen molar-refractivity contribution in [1.82, 2.24) is 15.5 Å². The van der Waals surface area contributed by atoms with E-state index < -0.39 is 0 Å². The van der Waals surface area contributed by atoms with Crippen LogP contribution in [0.25, 0.3) is 0 Å². The molecule has 3 aliphatic rings. The van der Waals surface area contributed by atoms with Crippen molar-refractivity contribution in [3.8, 4) is 0 Å². The number of halogens is 1. The van der Waals surface area contributed by atoms with Crippen LogP contribution in [0.1, 0.15) is 44.2 Å². The first-order chi connectivity index (χ1) is 13.1. The highest BCUT2D eigenvalue weighted by molar-refractivity contribution is 14.0. The average Bonchev–Trinajstić information content (AvgIpc) is 3.30. The minimum atomic E-state index is 0. The summed E-state index contributed by atoms with van der Waals surface area (Å²) in [5.41, 5.74) is 2.99. The lowest BCUT2D eigenvalue weighted by Gasteiger charge is -2.38. The molecule has 6 heteroatoms. The molecule has 1 aromatic rings. The van der Waals surface area contributed by atoms with E-state index in [0.29, 0.717) is 30.2 Å². The maximum absolute atomic E-state index is 5.97. The van der Waals surface area contributed by atoms with Crippen LogP contribution in [0.3, 0.4) is 0 Å². The Kier molecular flexibility index (Phi) is 7.61. The summed E-state index contributed by atoms with van der Waals surface area (Å²) in [5.74, 6) is 1.51. The molecule has 2 bridgehead atoms. The quantitative estimate of drug-likeness (QED) is 0.372. The number of nitrogens with zero attached hydrogens (tertiary/aromatic N) is 2. The smallest absolute Gasteiger partial charge is 0.191 e. The molecule has 1 aromatic carbocycles. The SMILES string of the molecule is CN=C(NCC(C(C)C)N1CCc2ccccc2C1)NC1CC2CCC1O2.I. The number of benzene rings is 1. The van der Waals surface area contributed by atoms with Crippen LogP contribution in [0.5, 0.6) is 0 Å². The Morgan fingerprint density at radius 2 is 2.04 bits per heavy atom. The molecule has 5 nitrogen and oxygen atoms in total. The fourth-order valence-corrected chi connectivity index (χ4v) is 4.95. The number of hydrogen-bond donors (Lipinski definition) is 2. The molecule has 2 N–H and O–H groups in total. The Hall–Kier alpha value is -0.860. The van der Waals surface area contributed by atoms with Crippen molar-refractivity contribution in [1.29, 1.82) is 0 Å². The zero-order chi connectivity index (χ0) is 18.8. The second kappa shape index (κ2) is 9.76. The highest BCUT2D eigenvalue weighted by atomic mass is 127. The molecule has 4 rings (SSSR count). The second-order valence-corrected chi connectivity index (χ2v) is 8.61. The van der Waals surface area contributed by atoms with Gasteiger partial charge in [0.1, 0.15) is 0 Å². The molecular weight excluding hydrogens is 463 g/mol.